The first-order chi connectivity index (χ1) is 7.15. The quantitative estimate of drug-likeness (QED) is 0.717. The SMILES string of the molecule is COCCNC(C)C(C)c1ccn(C)n1. The van der Waals surface area contributed by atoms with Crippen LogP contribution in [0.4, 0.5) is 0 Å². The van der Waals surface area contributed by atoms with Gasteiger partial charge in [0.15, 0.2) is 0 Å². The number of rotatable bonds is 6. The lowest BCUT2D eigenvalue weighted by Crippen LogP contribution is -2.33. The van der Waals surface area contributed by atoms with Crippen LogP contribution in [-0.2, 0) is 11.8 Å². The van der Waals surface area contributed by atoms with E-state index in [1.54, 1.807) is 7.11 Å². The Bertz CT molecular complexity index is 285. The van der Waals surface area contributed by atoms with Crippen molar-refractivity contribution in [3.05, 3.63) is 18.0 Å². The van der Waals surface area contributed by atoms with Crippen LogP contribution in [0.25, 0.3) is 0 Å². The summed E-state index contributed by atoms with van der Waals surface area (Å²) in [6.07, 6.45) is 1.98. The number of ether oxygens (including phenoxy) is 1. The summed E-state index contributed by atoms with van der Waals surface area (Å²) in [6.45, 7) is 6.00. The molecular weight excluding hydrogens is 190 g/mol. The predicted octanol–water partition coefficient (Wildman–Crippen LogP) is 1.15. The van der Waals surface area contributed by atoms with E-state index < -0.39 is 0 Å². The molecule has 2 atom stereocenters. The molecule has 0 aromatic carbocycles. The van der Waals surface area contributed by atoms with Crippen molar-refractivity contribution in [3.63, 3.8) is 0 Å². The van der Waals surface area contributed by atoms with Gasteiger partial charge in [-0.15, -0.1) is 0 Å². The first kappa shape index (κ1) is 12.2. The Kier molecular flexibility index (Phi) is 4.78. The van der Waals surface area contributed by atoms with Crippen LogP contribution in [-0.4, -0.2) is 36.1 Å². The molecule has 0 bridgehead atoms. The van der Waals surface area contributed by atoms with Gasteiger partial charge in [0.05, 0.1) is 12.3 Å². The Morgan fingerprint density at radius 2 is 2.27 bits per heavy atom. The summed E-state index contributed by atoms with van der Waals surface area (Å²) in [6, 6.07) is 2.48. The van der Waals surface area contributed by atoms with E-state index in [-0.39, 0.29) is 0 Å². The summed E-state index contributed by atoms with van der Waals surface area (Å²) in [5.41, 5.74) is 1.13. The highest BCUT2D eigenvalue weighted by molar-refractivity contribution is 5.07. The summed E-state index contributed by atoms with van der Waals surface area (Å²) >= 11 is 0. The molecule has 0 aliphatic carbocycles. The average molecular weight is 211 g/mol. The van der Waals surface area contributed by atoms with E-state index in [2.05, 4.69) is 30.3 Å². The van der Waals surface area contributed by atoms with Crippen LogP contribution in [0.2, 0.25) is 0 Å². The highest BCUT2D eigenvalue weighted by Gasteiger charge is 2.15. The maximum atomic E-state index is 5.00. The monoisotopic (exact) mass is 211 g/mol. The molecule has 4 heteroatoms. The number of aryl methyl sites for hydroxylation is 1. The molecule has 0 spiro atoms. The second-order valence-electron chi connectivity index (χ2n) is 3.94. The molecular formula is C11H21N3O. The molecule has 0 amide bonds. The fourth-order valence-corrected chi connectivity index (χ4v) is 1.50. The van der Waals surface area contributed by atoms with Crippen molar-refractivity contribution < 1.29 is 4.74 Å². The van der Waals surface area contributed by atoms with Gasteiger partial charge in [-0.2, -0.15) is 5.10 Å². The third kappa shape index (κ3) is 3.64. The van der Waals surface area contributed by atoms with Crippen molar-refractivity contribution in [2.24, 2.45) is 7.05 Å². The predicted molar refractivity (Wildman–Crippen MR) is 61.0 cm³/mol. The van der Waals surface area contributed by atoms with E-state index in [1.807, 2.05) is 17.9 Å². The van der Waals surface area contributed by atoms with Crippen LogP contribution in [0.5, 0.6) is 0 Å². The molecule has 1 aromatic heterocycles. The van der Waals surface area contributed by atoms with Gasteiger partial charge >= 0.3 is 0 Å². The molecule has 4 nitrogen and oxygen atoms in total. The van der Waals surface area contributed by atoms with Gasteiger partial charge in [-0.3, -0.25) is 4.68 Å². The standard InChI is InChI=1S/C11H21N3O/c1-9(10(2)12-6-8-15-4)11-5-7-14(3)13-11/h5,7,9-10,12H,6,8H2,1-4H3. The molecule has 0 radical (unpaired) electrons. The van der Waals surface area contributed by atoms with Crippen LogP contribution in [0.3, 0.4) is 0 Å². The fraction of sp³-hybridized carbons (Fsp3) is 0.727. The summed E-state index contributed by atoms with van der Waals surface area (Å²) < 4.78 is 6.84. The maximum Gasteiger partial charge on any atom is 0.0668 e. The van der Waals surface area contributed by atoms with Gasteiger partial charge in [0.2, 0.25) is 0 Å². The van der Waals surface area contributed by atoms with E-state index in [1.165, 1.54) is 0 Å². The highest BCUT2D eigenvalue weighted by Crippen LogP contribution is 2.16. The van der Waals surface area contributed by atoms with Crippen LogP contribution < -0.4 is 5.32 Å². The minimum atomic E-state index is 0.412. The number of hydrogen-bond donors (Lipinski definition) is 1. The molecule has 0 saturated heterocycles. The van der Waals surface area contributed by atoms with Gasteiger partial charge in [0, 0.05) is 38.9 Å². The van der Waals surface area contributed by atoms with Gasteiger partial charge in [0.1, 0.15) is 0 Å². The Morgan fingerprint density at radius 1 is 1.53 bits per heavy atom. The zero-order valence-corrected chi connectivity index (χ0v) is 10.0. The molecule has 2 unspecified atom stereocenters. The summed E-state index contributed by atoms with van der Waals surface area (Å²) in [5.74, 6) is 0.419. The molecule has 0 aliphatic heterocycles. The van der Waals surface area contributed by atoms with Crippen molar-refractivity contribution in [1.82, 2.24) is 15.1 Å². The van der Waals surface area contributed by atoms with Gasteiger partial charge in [-0.1, -0.05) is 6.92 Å². The highest BCUT2D eigenvalue weighted by atomic mass is 16.5. The van der Waals surface area contributed by atoms with Crippen LogP contribution in [0.15, 0.2) is 12.3 Å². The third-order valence-corrected chi connectivity index (χ3v) is 2.72. The van der Waals surface area contributed by atoms with E-state index in [0.717, 1.165) is 18.8 Å². The Labute approximate surface area is 91.6 Å². The van der Waals surface area contributed by atoms with Crippen LogP contribution >= 0.6 is 0 Å². The second kappa shape index (κ2) is 5.88. The minimum Gasteiger partial charge on any atom is -0.383 e. The first-order valence-corrected chi connectivity index (χ1v) is 5.37. The number of hydrogen-bond acceptors (Lipinski definition) is 3. The second-order valence-corrected chi connectivity index (χ2v) is 3.94. The smallest absolute Gasteiger partial charge is 0.0668 e. The molecule has 1 N–H and O–H groups in total. The molecule has 1 rings (SSSR count). The fourth-order valence-electron chi connectivity index (χ4n) is 1.50. The van der Waals surface area contributed by atoms with Crippen LogP contribution in [0, 0.1) is 0 Å². The first-order valence-electron chi connectivity index (χ1n) is 5.37. The third-order valence-electron chi connectivity index (χ3n) is 2.72. The Morgan fingerprint density at radius 3 is 2.80 bits per heavy atom. The summed E-state index contributed by atoms with van der Waals surface area (Å²) in [5, 5.41) is 7.82. The molecule has 15 heavy (non-hydrogen) atoms. The Balaban J connectivity index is 2.42. The lowest BCUT2D eigenvalue weighted by Gasteiger charge is -2.19. The van der Waals surface area contributed by atoms with Crippen molar-refractivity contribution in [1.29, 1.82) is 0 Å². The lowest BCUT2D eigenvalue weighted by atomic mass is 10.0. The summed E-state index contributed by atoms with van der Waals surface area (Å²) in [7, 11) is 3.66. The van der Waals surface area contributed by atoms with E-state index in [0.29, 0.717) is 12.0 Å². The lowest BCUT2D eigenvalue weighted by molar-refractivity contribution is 0.195. The molecule has 1 aromatic rings. The summed E-state index contributed by atoms with van der Waals surface area (Å²) in [4.78, 5) is 0. The zero-order valence-electron chi connectivity index (χ0n) is 10.0. The van der Waals surface area contributed by atoms with Gasteiger partial charge in [0.25, 0.3) is 0 Å². The average Bonchev–Trinajstić information content (AvgIpc) is 2.64. The van der Waals surface area contributed by atoms with E-state index in [4.69, 9.17) is 4.74 Å². The molecule has 0 aliphatic rings. The topological polar surface area (TPSA) is 39.1 Å². The zero-order chi connectivity index (χ0) is 11.3. The van der Waals surface area contributed by atoms with Crippen LogP contribution in [0.1, 0.15) is 25.5 Å². The molecule has 0 fully saturated rings. The van der Waals surface area contributed by atoms with Crippen molar-refractivity contribution in [2.45, 2.75) is 25.8 Å². The minimum absolute atomic E-state index is 0.412. The maximum absolute atomic E-state index is 5.00. The Hall–Kier alpha value is -0.870. The largest absolute Gasteiger partial charge is 0.383 e. The van der Waals surface area contributed by atoms with Crippen molar-refractivity contribution in [2.75, 3.05) is 20.3 Å². The number of nitrogens with zero attached hydrogens (tertiary/aromatic N) is 2. The van der Waals surface area contributed by atoms with E-state index in [9.17, 15) is 0 Å². The van der Waals surface area contributed by atoms with E-state index >= 15 is 0 Å². The molecule has 1 heterocycles. The van der Waals surface area contributed by atoms with Gasteiger partial charge in [-0.05, 0) is 13.0 Å². The number of methoxy groups -OCH3 is 1. The number of aromatic nitrogens is 2. The molecule has 0 saturated carbocycles. The van der Waals surface area contributed by atoms with Gasteiger partial charge < -0.3 is 10.1 Å². The van der Waals surface area contributed by atoms with Crippen molar-refractivity contribution in [3.8, 4) is 0 Å². The normalized spacial score (nSPS) is 15.2. The number of nitrogens with one attached hydrogen (secondary N) is 1. The van der Waals surface area contributed by atoms with Crippen molar-refractivity contribution >= 4 is 0 Å². The molecule has 86 valence electrons. The van der Waals surface area contributed by atoms with Gasteiger partial charge in [-0.25, -0.2) is 0 Å².